The third kappa shape index (κ3) is 1.46. The molecule has 12 heavy (non-hydrogen) atoms. The summed E-state index contributed by atoms with van der Waals surface area (Å²) in [4.78, 5) is 13.4. The lowest BCUT2D eigenvalue weighted by Crippen LogP contribution is -1.92. The van der Waals surface area contributed by atoms with Gasteiger partial charge in [0.25, 0.3) is 5.91 Å². The molecule has 0 atom stereocenters. The molecule has 0 aliphatic heterocycles. The average Bonchev–Trinajstić information content (AvgIpc) is 2.30. The highest BCUT2D eigenvalue weighted by atomic mass is 16.3. The van der Waals surface area contributed by atoms with Crippen LogP contribution in [0, 0.1) is 13.8 Å². The van der Waals surface area contributed by atoms with Crippen molar-refractivity contribution in [3.8, 4) is 0 Å². The number of carbonyl (C=O) groups is 1. The van der Waals surface area contributed by atoms with Crippen molar-refractivity contribution in [3.63, 3.8) is 0 Å². The minimum Gasteiger partial charge on any atom is -0.466 e. The topological polar surface area (TPSA) is 79.0 Å². The molecule has 0 N–H and O–H groups in total. The minimum absolute atomic E-state index is 0.324. The molecule has 0 aliphatic carbocycles. The van der Waals surface area contributed by atoms with Crippen LogP contribution in [0.4, 0.5) is 0 Å². The van der Waals surface area contributed by atoms with Gasteiger partial charge in [0.05, 0.1) is 5.56 Å². The van der Waals surface area contributed by atoms with E-state index in [0.29, 0.717) is 17.1 Å². The summed E-state index contributed by atoms with van der Waals surface area (Å²) in [6, 6.07) is 1.55. The van der Waals surface area contributed by atoms with Crippen molar-refractivity contribution in [1.82, 2.24) is 0 Å². The normalized spacial score (nSPS) is 9.17. The quantitative estimate of drug-likeness (QED) is 0.363. The summed E-state index contributed by atoms with van der Waals surface area (Å²) in [6.07, 6.45) is 0. The van der Waals surface area contributed by atoms with Crippen molar-refractivity contribution in [1.29, 1.82) is 0 Å². The third-order valence-electron chi connectivity index (χ3n) is 1.41. The van der Waals surface area contributed by atoms with Crippen LogP contribution < -0.4 is 0 Å². The maximum absolute atomic E-state index is 11.0. The predicted octanol–water partition coefficient (Wildman–Crippen LogP) is 2.35. The van der Waals surface area contributed by atoms with Crippen LogP contribution in [0.1, 0.15) is 21.9 Å². The highest BCUT2D eigenvalue weighted by Gasteiger charge is 2.10. The molecule has 0 unspecified atom stereocenters. The first-order chi connectivity index (χ1) is 5.65. The zero-order valence-electron chi connectivity index (χ0n) is 6.74. The van der Waals surface area contributed by atoms with Crippen molar-refractivity contribution < 1.29 is 9.21 Å². The van der Waals surface area contributed by atoms with Crippen molar-refractivity contribution >= 4 is 5.91 Å². The molecular weight excluding hydrogens is 158 g/mol. The van der Waals surface area contributed by atoms with Gasteiger partial charge in [-0.25, -0.2) is 0 Å². The van der Waals surface area contributed by atoms with Crippen molar-refractivity contribution in [3.05, 3.63) is 33.6 Å². The van der Waals surface area contributed by atoms with Gasteiger partial charge in [0.15, 0.2) is 0 Å². The van der Waals surface area contributed by atoms with E-state index in [1.54, 1.807) is 19.9 Å². The fourth-order valence-corrected chi connectivity index (χ4v) is 0.938. The molecule has 0 spiro atoms. The van der Waals surface area contributed by atoms with E-state index in [4.69, 9.17) is 9.95 Å². The molecule has 1 amide bonds. The average molecular weight is 165 g/mol. The van der Waals surface area contributed by atoms with Gasteiger partial charge in [0, 0.05) is 4.91 Å². The molecule has 0 fully saturated rings. The second-order valence-electron chi connectivity index (χ2n) is 2.32. The molecular formula is C7H7N3O2. The van der Waals surface area contributed by atoms with Crippen molar-refractivity contribution in [2.75, 3.05) is 0 Å². The van der Waals surface area contributed by atoms with Crippen molar-refractivity contribution in [2.45, 2.75) is 13.8 Å². The highest BCUT2D eigenvalue weighted by Crippen LogP contribution is 2.14. The third-order valence-corrected chi connectivity index (χ3v) is 1.41. The lowest BCUT2D eigenvalue weighted by atomic mass is 10.2. The molecule has 1 aromatic heterocycles. The molecule has 1 aromatic rings. The van der Waals surface area contributed by atoms with Crippen LogP contribution in [0.25, 0.3) is 10.4 Å². The Kier molecular flexibility index (Phi) is 2.16. The fourth-order valence-electron chi connectivity index (χ4n) is 0.938. The van der Waals surface area contributed by atoms with Gasteiger partial charge in [-0.3, -0.25) is 4.79 Å². The first-order valence-electron chi connectivity index (χ1n) is 3.31. The molecule has 1 rings (SSSR count). The summed E-state index contributed by atoms with van der Waals surface area (Å²) in [5.41, 5.74) is 8.33. The van der Waals surface area contributed by atoms with Gasteiger partial charge >= 0.3 is 0 Å². The molecule has 0 bridgehead atoms. The first-order valence-corrected chi connectivity index (χ1v) is 3.31. The molecule has 5 heteroatoms. The van der Waals surface area contributed by atoms with E-state index in [1.165, 1.54) is 0 Å². The highest BCUT2D eigenvalue weighted by molar-refractivity contribution is 5.95. The first kappa shape index (κ1) is 8.36. The Labute approximate surface area is 68.6 Å². The molecule has 0 aliphatic rings. The van der Waals surface area contributed by atoms with E-state index >= 15 is 0 Å². The number of azide groups is 1. The Hall–Kier alpha value is -1.74. The van der Waals surface area contributed by atoms with E-state index < -0.39 is 5.91 Å². The maximum atomic E-state index is 11.0. The number of hydrogen-bond acceptors (Lipinski definition) is 2. The Balaban J connectivity index is 3.10. The Morgan fingerprint density at radius 2 is 2.33 bits per heavy atom. The van der Waals surface area contributed by atoms with Crippen LogP contribution in [-0.4, -0.2) is 5.91 Å². The maximum Gasteiger partial charge on any atom is 0.252 e. The number of amides is 1. The van der Waals surface area contributed by atoms with Gasteiger partial charge in [0.1, 0.15) is 11.5 Å². The Bertz CT molecular complexity index is 361. The largest absolute Gasteiger partial charge is 0.466 e. The van der Waals surface area contributed by atoms with E-state index in [9.17, 15) is 4.79 Å². The molecule has 1 heterocycles. The number of hydrogen-bond donors (Lipinski definition) is 0. The smallest absolute Gasteiger partial charge is 0.252 e. The second kappa shape index (κ2) is 3.11. The van der Waals surface area contributed by atoms with Gasteiger partial charge in [-0.2, -0.15) is 0 Å². The van der Waals surface area contributed by atoms with Crippen LogP contribution in [-0.2, 0) is 0 Å². The molecule has 0 saturated heterocycles. The van der Waals surface area contributed by atoms with Crippen LogP contribution in [0.2, 0.25) is 0 Å². The van der Waals surface area contributed by atoms with Gasteiger partial charge in [-0.05, 0) is 30.6 Å². The van der Waals surface area contributed by atoms with Crippen molar-refractivity contribution in [2.24, 2.45) is 5.11 Å². The van der Waals surface area contributed by atoms with Gasteiger partial charge in [-0.1, -0.05) is 0 Å². The predicted molar refractivity (Wildman–Crippen MR) is 41.7 cm³/mol. The zero-order valence-corrected chi connectivity index (χ0v) is 6.74. The second-order valence-corrected chi connectivity index (χ2v) is 2.32. The monoisotopic (exact) mass is 165 g/mol. The van der Waals surface area contributed by atoms with E-state index in [0.717, 1.165) is 0 Å². The number of rotatable bonds is 1. The van der Waals surface area contributed by atoms with Gasteiger partial charge in [0.2, 0.25) is 0 Å². The van der Waals surface area contributed by atoms with Gasteiger partial charge < -0.3 is 4.42 Å². The lowest BCUT2D eigenvalue weighted by molar-refractivity contribution is 0.0999. The minimum atomic E-state index is -0.605. The zero-order chi connectivity index (χ0) is 9.14. The van der Waals surface area contributed by atoms with E-state index in [-0.39, 0.29) is 0 Å². The summed E-state index contributed by atoms with van der Waals surface area (Å²) in [7, 11) is 0. The molecule has 0 saturated carbocycles. The van der Waals surface area contributed by atoms with Crippen LogP contribution in [0.5, 0.6) is 0 Å². The molecule has 62 valence electrons. The Morgan fingerprint density at radius 3 is 2.75 bits per heavy atom. The fraction of sp³-hybridized carbons (Fsp3) is 0.286. The summed E-state index contributed by atoms with van der Waals surface area (Å²) in [5, 5.41) is 2.95. The van der Waals surface area contributed by atoms with Gasteiger partial charge in [-0.15, -0.1) is 0 Å². The standard InChI is InChI=1S/C7H7N3O2/c1-4-3-6(5(2)12-4)7(11)9-10-8/h3H,1-2H3. The van der Waals surface area contributed by atoms with E-state index in [2.05, 4.69) is 10.0 Å². The van der Waals surface area contributed by atoms with Crippen LogP contribution in [0.3, 0.4) is 0 Å². The number of nitrogens with zero attached hydrogens (tertiary/aromatic N) is 3. The lowest BCUT2D eigenvalue weighted by Gasteiger charge is -1.86. The molecule has 0 aromatic carbocycles. The molecule has 5 nitrogen and oxygen atoms in total. The number of aryl methyl sites for hydroxylation is 2. The number of furan rings is 1. The molecule has 0 radical (unpaired) electrons. The van der Waals surface area contributed by atoms with E-state index in [1.807, 2.05) is 0 Å². The summed E-state index contributed by atoms with van der Waals surface area (Å²) in [6.45, 7) is 3.37. The summed E-state index contributed by atoms with van der Waals surface area (Å²) in [5.74, 6) is 0.501. The van der Waals surface area contributed by atoms with Crippen LogP contribution >= 0.6 is 0 Å². The Morgan fingerprint density at radius 1 is 1.67 bits per heavy atom. The SMILES string of the molecule is Cc1cc(C(=O)N=[N+]=[N-])c(C)o1. The number of carbonyl (C=O) groups excluding carboxylic acids is 1. The summed E-state index contributed by atoms with van der Waals surface area (Å²) >= 11 is 0. The summed E-state index contributed by atoms with van der Waals surface area (Å²) < 4.78 is 5.08. The van der Waals surface area contributed by atoms with Crippen LogP contribution in [0.15, 0.2) is 15.6 Å².